The zero-order valence-electron chi connectivity index (χ0n) is 21.4. The molecular weight excluding hydrogens is 486 g/mol. The summed E-state index contributed by atoms with van der Waals surface area (Å²) in [5, 5.41) is 21.5. The molecule has 9 nitrogen and oxygen atoms in total. The van der Waals surface area contributed by atoms with Crippen molar-refractivity contribution in [2.75, 3.05) is 58.4 Å². The van der Waals surface area contributed by atoms with Gasteiger partial charge in [-0.2, -0.15) is 10.2 Å². The number of hydrogen-bond acceptors (Lipinski definition) is 9. The van der Waals surface area contributed by atoms with E-state index in [0.717, 1.165) is 49.5 Å². The maximum Gasteiger partial charge on any atom is 0.258 e. The van der Waals surface area contributed by atoms with Gasteiger partial charge in [-0.25, -0.2) is 4.98 Å². The fraction of sp³-hybridized carbons (Fsp3) is 0.556. The summed E-state index contributed by atoms with van der Waals surface area (Å²) in [6.45, 7) is 5.30. The number of carbonyl (C=O) groups excluding carboxylic acids is 1. The molecule has 1 saturated carbocycles. The Kier molecular flexibility index (Phi) is 7.72. The van der Waals surface area contributed by atoms with Crippen LogP contribution in [0.2, 0.25) is 0 Å². The topological polar surface area (TPSA) is 117 Å². The lowest BCUT2D eigenvalue weighted by atomic mass is 9.93. The van der Waals surface area contributed by atoms with Crippen LogP contribution in [0.4, 0.5) is 23.1 Å². The molecule has 2 aromatic rings. The minimum absolute atomic E-state index is 0.0274. The number of aliphatic hydroxyl groups is 1. The highest BCUT2D eigenvalue weighted by atomic mass is 32.2. The third kappa shape index (κ3) is 6.11. The molecule has 1 atom stereocenters. The van der Waals surface area contributed by atoms with E-state index in [-0.39, 0.29) is 18.4 Å². The van der Waals surface area contributed by atoms with E-state index in [1.165, 1.54) is 37.6 Å². The average molecular weight is 522 g/mol. The predicted molar refractivity (Wildman–Crippen MR) is 148 cm³/mol. The summed E-state index contributed by atoms with van der Waals surface area (Å²) in [5.41, 5.74) is 3.76. The number of piperidine rings is 2. The number of aromatic nitrogens is 2. The maximum absolute atomic E-state index is 13.6. The Morgan fingerprint density at radius 2 is 2.00 bits per heavy atom. The Morgan fingerprint density at radius 3 is 2.73 bits per heavy atom. The van der Waals surface area contributed by atoms with Gasteiger partial charge in [-0.1, -0.05) is 11.9 Å². The molecule has 3 fully saturated rings. The van der Waals surface area contributed by atoms with Gasteiger partial charge >= 0.3 is 0 Å². The lowest BCUT2D eigenvalue weighted by Gasteiger charge is -2.35. The molecule has 5 rings (SSSR count). The second-order valence-corrected chi connectivity index (χ2v) is 11.4. The van der Waals surface area contributed by atoms with Crippen molar-refractivity contribution in [2.24, 2.45) is 11.3 Å². The number of amides is 1. The fourth-order valence-corrected chi connectivity index (χ4v) is 5.82. The van der Waals surface area contributed by atoms with Crippen LogP contribution in [0.1, 0.15) is 54.6 Å². The molecule has 3 heterocycles. The van der Waals surface area contributed by atoms with Crippen molar-refractivity contribution < 1.29 is 9.90 Å². The predicted octanol–water partition coefficient (Wildman–Crippen LogP) is 4.21. The highest BCUT2D eigenvalue weighted by Gasteiger charge is 2.44. The van der Waals surface area contributed by atoms with Gasteiger partial charge in [0.05, 0.1) is 29.8 Å². The molecule has 1 spiro atoms. The molecule has 1 aromatic carbocycles. The van der Waals surface area contributed by atoms with Crippen molar-refractivity contribution in [3.63, 3.8) is 0 Å². The van der Waals surface area contributed by atoms with Gasteiger partial charge in [0.1, 0.15) is 5.82 Å². The lowest BCUT2D eigenvalue weighted by molar-refractivity contribution is 0.102. The van der Waals surface area contributed by atoms with E-state index in [0.29, 0.717) is 35.0 Å². The summed E-state index contributed by atoms with van der Waals surface area (Å²) in [7, 11) is 0. The van der Waals surface area contributed by atoms with Crippen molar-refractivity contribution >= 4 is 41.0 Å². The van der Waals surface area contributed by atoms with Crippen LogP contribution < -0.4 is 19.8 Å². The van der Waals surface area contributed by atoms with Crippen molar-refractivity contribution in [3.8, 4) is 6.07 Å². The van der Waals surface area contributed by atoms with Crippen LogP contribution in [0.3, 0.4) is 0 Å². The van der Waals surface area contributed by atoms with E-state index in [1.807, 2.05) is 30.0 Å². The third-order valence-corrected chi connectivity index (χ3v) is 8.49. The van der Waals surface area contributed by atoms with Crippen LogP contribution in [-0.4, -0.2) is 59.5 Å². The molecule has 1 aromatic heterocycles. The number of rotatable bonds is 8. The van der Waals surface area contributed by atoms with Gasteiger partial charge in [-0.15, -0.1) is 0 Å². The first-order valence-electron chi connectivity index (χ1n) is 13.2. The summed E-state index contributed by atoms with van der Waals surface area (Å²) in [6.07, 6.45) is 6.81. The molecule has 3 aliphatic rings. The first-order chi connectivity index (χ1) is 18.0. The Bertz CT molecular complexity index is 1170. The number of benzene rings is 1. The van der Waals surface area contributed by atoms with Crippen molar-refractivity contribution in [1.29, 1.82) is 5.26 Å². The van der Waals surface area contributed by atoms with E-state index in [4.69, 9.17) is 5.11 Å². The molecule has 1 unspecified atom stereocenters. The zero-order chi connectivity index (χ0) is 25.8. The molecular formula is C27H35N7O2S. The molecule has 1 aliphatic carbocycles. The summed E-state index contributed by atoms with van der Waals surface area (Å²) >= 11 is 1.45. The molecule has 3 N–H and O–H groups in total. The molecule has 2 aliphatic heterocycles. The van der Waals surface area contributed by atoms with Crippen LogP contribution in [-0.2, 0) is 0 Å². The van der Waals surface area contributed by atoms with Crippen LogP contribution in [0, 0.1) is 29.6 Å². The van der Waals surface area contributed by atoms with E-state index in [9.17, 15) is 10.1 Å². The van der Waals surface area contributed by atoms with Crippen LogP contribution in [0.5, 0.6) is 0 Å². The van der Waals surface area contributed by atoms with Crippen molar-refractivity contribution in [2.45, 2.75) is 45.4 Å². The van der Waals surface area contributed by atoms with Gasteiger partial charge in [0.15, 0.2) is 0 Å². The summed E-state index contributed by atoms with van der Waals surface area (Å²) in [6, 6.07) is 9.96. The monoisotopic (exact) mass is 521 g/mol. The summed E-state index contributed by atoms with van der Waals surface area (Å²) in [4.78, 5) is 27.2. The number of aliphatic hydroxyl groups excluding tert-OH is 1. The minimum atomic E-state index is -0.200. The number of carbonyl (C=O) groups is 1. The number of nitriles is 1. The van der Waals surface area contributed by atoms with Gasteiger partial charge in [0.25, 0.3) is 5.91 Å². The van der Waals surface area contributed by atoms with Gasteiger partial charge in [0, 0.05) is 49.4 Å². The number of aryl methyl sites for hydroxylation is 1. The zero-order valence-corrected chi connectivity index (χ0v) is 22.2. The second-order valence-electron chi connectivity index (χ2n) is 10.5. The van der Waals surface area contributed by atoms with E-state index in [1.54, 1.807) is 6.07 Å². The van der Waals surface area contributed by atoms with E-state index in [2.05, 4.69) is 31.0 Å². The van der Waals surface area contributed by atoms with Crippen LogP contribution in [0.25, 0.3) is 0 Å². The first-order valence-corrected chi connectivity index (χ1v) is 14.2. The van der Waals surface area contributed by atoms with Gasteiger partial charge in [0.2, 0.25) is 5.95 Å². The molecule has 2 saturated heterocycles. The normalized spacial score (nSPS) is 20.4. The molecule has 0 radical (unpaired) electrons. The molecule has 10 heteroatoms. The van der Waals surface area contributed by atoms with Crippen LogP contribution >= 0.6 is 11.9 Å². The number of hydrogen-bond donors (Lipinski definition) is 3. The number of nitrogens with one attached hydrogen (secondary N) is 2. The van der Waals surface area contributed by atoms with Gasteiger partial charge in [-0.05, 0) is 69.1 Å². The molecule has 196 valence electrons. The fourth-order valence-electron chi connectivity index (χ4n) is 5.33. The molecule has 0 bridgehead atoms. The highest BCUT2D eigenvalue weighted by molar-refractivity contribution is 8.00. The van der Waals surface area contributed by atoms with Crippen molar-refractivity contribution in [1.82, 2.24) is 9.97 Å². The first kappa shape index (κ1) is 25.6. The second kappa shape index (κ2) is 11.2. The molecule has 1 amide bonds. The Hall–Kier alpha value is -3.03. The largest absolute Gasteiger partial charge is 0.395 e. The summed E-state index contributed by atoms with van der Waals surface area (Å²) in [5.74, 6) is 1.38. The number of anilines is 4. The van der Waals surface area contributed by atoms with E-state index >= 15 is 0 Å². The van der Waals surface area contributed by atoms with Gasteiger partial charge < -0.3 is 24.9 Å². The van der Waals surface area contributed by atoms with Gasteiger partial charge in [-0.3, -0.25) is 4.79 Å². The average Bonchev–Trinajstić information content (AvgIpc) is 3.67. The Balaban J connectivity index is 1.36. The minimum Gasteiger partial charge on any atom is -0.395 e. The van der Waals surface area contributed by atoms with Crippen LogP contribution in [0.15, 0.2) is 24.3 Å². The Labute approximate surface area is 222 Å². The third-order valence-electron chi connectivity index (χ3n) is 7.72. The van der Waals surface area contributed by atoms with E-state index < -0.39 is 0 Å². The molecule has 37 heavy (non-hydrogen) atoms. The highest BCUT2D eigenvalue weighted by Crippen LogP contribution is 2.54. The number of nitrogens with zero attached hydrogens (tertiary/aromatic N) is 5. The van der Waals surface area contributed by atoms with Crippen molar-refractivity contribution in [3.05, 3.63) is 35.5 Å². The quantitative estimate of drug-likeness (QED) is 0.347. The Morgan fingerprint density at radius 1 is 1.19 bits per heavy atom. The SMILES string of the molecule is Cc1cc(NC(=O)c2ccc(NSCCO)cc2N2CCC3(CC2)CC3)nc(N2CCCC(C#N)C2)n1. The lowest BCUT2D eigenvalue weighted by Crippen LogP contribution is -2.36. The maximum atomic E-state index is 13.6. The smallest absolute Gasteiger partial charge is 0.258 e. The standard InChI is InChI=1S/C27H35N7O2S/c1-19-15-24(31-26(29-19)34-10-2-3-20(17-28)18-34)30-25(36)22-5-4-21(32-37-14-13-35)16-23(22)33-11-8-27(6-7-27)9-12-33/h4-5,15-16,20,32,35H,2-3,6-14,18H2,1H3,(H,29,30,31,36). The summed E-state index contributed by atoms with van der Waals surface area (Å²) < 4.78 is 3.28.